The molecule has 0 heterocycles. The van der Waals surface area contributed by atoms with Gasteiger partial charge in [-0.1, -0.05) is 155 Å². The van der Waals surface area contributed by atoms with Crippen molar-refractivity contribution in [3.8, 4) is 0 Å². The zero-order valence-electron chi connectivity index (χ0n) is 34.0. The van der Waals surface area contributed by atoms with Gasteiger partial charge in [0.2, 0.25) is 0 Å². The minimum atomic E-state index is -0.00574. The lowest BCUT2D eigenvalue weighted by Gasteiger charge is -2.59. The van der Waals surface area contributed by atoms with Crippen molar-refractivity contribution in [2.45, 2.75) is 215 Å². The molecule has 0 radical (unpaired) electrons. The number of hydrogen-bond acceptors (Lipinski definition) is 2. The fraction of sp³-hybridized carbons (Fsp3) is 0.896. The molecule has 7 aliphatic carbocycles. The lowest BCUT2D eigenvalue weighted by molar-refractivity contribution is -0.173. The molecule has 0 N–H and O–H groups in total. The van der Waals surface area contributed by atoms with Crippen LogP contribution in [0.3, 0.4) is 0 Å². The Hall–Kier alpha value is -1.05. The first-order chi connectivity index (χ1) is 24.1. The van der Waals surface area contributed by atoms with Gasteiger partial charge in [0.15, 0.2) is 0 Å². The van der Waals surface area contributed by atoms with Gasteiger partial charge in [0.05, 0.1) is 5.92 Å². The highest BCUT2D eigenvalue weighted by Crippen LogP contribution is 2.68. The molecular weight excluding hydrogens is 609 g/mol. The van der Waals surface area contributed by atoms with Crippen LogP contribution in [0.1, 0.15) is 208 Å². The number of hydrogen-bond donors (Lipinski definition) is 0. The second kappa shape index (κ2) is 17.0. The first-order valence-electron chi connectivity index (χ1n) is 22.7. The Bertz CT molecular complexity index is 1180. The molecule has 7 rings (SSSR count). The molecule has 10 atom stereocenters. The van der Waals surface area contributed by atoms with E-state index in [-0.39, 0.29) is 28.8 Å². The number of fused-ring (bicyclic) bond motifs is 6. The van der Waals surface area contributed by atoms with E-state index >= 15 is 0 Å². The second-order valence-electron chi connectivity index (χ2n) is 20.1. The van der Waals surface area contributed by atoms with Crippen molar-refractivity contribution in [3.63, 3.8) is 0 Å². The Balaban J connectivity index is 1.02. The molecule has 0 aromatic carbocycles. The topological polar surface area (TPSA) is 26.3 Å². The molecule has 0 spiro atoms. The van der Waals surface area contributed by atoms with Gasteiger partial charge in [-0.3, -0.25) is 4.79 Å². The van der Waals surface area contributed by atoms with Gasteiger partial charge in [-0.15, -0.1) is 0 Å². The fourth-order valence-corrected chi connectivity index (χ4v) is 13.6. The highest BCUT2D eigenvalue weighted by molar-refractivity contribution is 5.74. The van der Waals surface area contributed by atoms with Crippen molar-refractivity contribution in [3.05, 3.63) is 23.3 Å². The molecule has 0 aromatic heterocycles. The van der Waals surface area contributed by atoms with Gasteiger partial charge in [-0.2, -0.15) is 0 Å². The van der Waals surface area contributed by atoms with Crippen molar-refractivity contribution < 1.29 is 9.53 Å². The molecular formula is C48H80O2. The number of carbonyl (C=O) groups excluding carboxylic acids is 1. The molecule has 0 amide bonds. The van der Waals surface area contributed by atoms with Crippen LogP contribution in [0.5, 0.6) is 0 Å². The highest BCUT2D eigenvalue weighted by atomic mass is 16.5. The fourth-order valence-electron chi connectivity index (χ4n) is 13.6. The van der Waals surface area contributed by atoms with Gasteiger partial charge < -0.3 is 4.74 Å². The molecule has 2 heteroatoms. The number of rotatable bonds is 19. The molecule has 4 saturated carbocycles. The molecule has 284 valence electrons. The quantitative estimate of drug-likeness (QED) is 0.0767. The number of esters is 1. The lowest BCUT2D eigenvalue weighted by atomic mass is 9.46. The summed E-state index contributed by atoms with van der Waals surface area (Å²) in [6.07, 6.45) is 40.5. The number of allylic oxidation sites excluding steroid dienone is 3. The average Bonchev–Trinajstić information content (AvgIpc) is 3.48. The Labute approximate surface area is 310 Å². The first kappa shape index (κ1) is 38.7. The third kappa shape index (κ3) is 7.91. The summed E-state index contributed by atoms with van der Waals surface area (Å²) in [5.41, 5.74) is 4.11. The number of carbonyl (C=O) groups is 1. The molecule has 0 saturated heterocycles. The van der Waals surface area contributed by atoms with Crippen LogP contribution < -0.4 is 0 Å². The summed E-state index contributed by atoms with van der Waals surface area (Å²) in [4.78, 5) is 14.4. The van der Waals surface area contributed by atoms with E-state index in [1.54, 1.807) is 5.57 Å². The van der Waals surface area contributed by atoms with E-state index in [0.717, 1.165) is 24.2 Å². The van der Waals surface area contributed by atoms with Crippen molar-refractivity contribution in [1.82, 2.24) is 0 Å². The van der Waals surface area contributed by atoms with Crippen LogP contribution in [0.15, 0.2) is 23.3 Å². The van der Waals surface area contributed by atoms with E-state index in [1.807, 2.05) is 0 Å². The standard InChI is InChI=1S/C48H80O2/c1-7-8-9-10-11-12-13-14-15-16-17-18-19-20-21-22-29-48-31-28-39-38(24-23-37-32-35(2)27-30-47(37,39)6)40(48)25-26-41(48)45(49)50-44-33-36(3)42-34-43(44)46(42,4)5/h23,33,35,38-44H,7-22,24-32,34H2,1-6H3/t35?,38-,39+,40+,41-,42-,43+,44-,47+,48?/m1/s1. The normalized spacial score (nSPS) is 38.3. The molecule has 2 unspecified atom stereocenters. The van der Waals surface area contributed by atoms with E-state index in [1.165, 1.54) is 166 Å². The molecule has 4 fully saturated rings. The Morgan fingerprint density at radius 3 is 1.98 bits per heavy atom. The van der Waals surface area contributed by atoms with Gasteiger partial charge in [-0.05, 0) is 123 Å². The molecule has 2 nitrogen and oxygen atoms in total. The zero-order chi connectivity index (χ0) is 35.4. The Morgan fingerprint density at radius 2 is 1.38 bits per heavy atom. The number of ether oxygens (including phenoxy) is 1. The van der Waals surface area contributed by atoms with Crippen LogP contribution in [-0.2, 0) is 9.53 Å². The average molecular weight is 689 g/mol. The van der Waals surface area contributed by atoms with Gasteiger partial charge in [0, 0.05) is 5.92 Å². The van der Waals surface area contributed by atoms with E-state index < -0.39 is 0 Å². The molecule has 2 bridgehead atoms. The first-order valence-corrected chi connectivity index (χ1v) is 22.7. The van der Waals surface area contributed by atoms with Crippen LogP contribution in [0, 0.1) is 57.7 Å². The van der Waals surface area contributed by atoms with Gasteiger partial charge in [0.1, 0.15) is 6.10 Å². The predicted octanol–water partition coefficient (Wildman–Crippen LogP) is 14.4. The third-order valence-electron chi connectivity index (χ3n) is 16.8. The van der Waals surface area contributed by atoms with Gasteiger partial charge >= 0.3 is 5.97 Å². The summed E-state index contributed by atoms with van der Waals surface area (Å²) in [5.74, 6) is 4.63. The summed E-state index contributed by atoms with van der Waals surface area (Å²) < 4.78 is 6.66. The van der Waals surface area contributed by atoms with Crippen LogP contribution in [0.4, 0.5) is 0 Å². The Morgan fingerprint density at radius 1 is 0.760 bits per heavy atom. The maximum absolute atomic E-state index is 14.4. The summed E-state index contributed by atoms with van der Waals surface area (Å²) >= 11 is 0. The van der Waals surface area contributed by atoms with Crippen LogP contribution >= 0.6 is 0 Å². The lowest BCUT2D eigenvalue weighted by Crippen LogP contribution is -2.55. The van der Waals surface area contributed by atoms with E-state index in [4.69, 9.17) is 4.74 Å². The predicted molar refractivity (Wildman–Crippen MR) is 212 cm³/mol. The molecule has 7 aliphatic rings. The smallest absolute Gasteiger partial charge is 0.310 e. The maximum Gasteiger partial charge on any atom is 0.310 e. The van der Waals surface area contributed by atoms with Crippen molar-refractivity contribution in [2.24, 2.45) is 57.7 Å². The van der Waals surface area contributed by atoms with E-state index in [2.05, 4.69) is 53.7 Å². The van der Waals surface area contributed by atoms with Crippen molar-refractivity contribution >= 4 is 5.97 Å². The molecule has 50 heavy (non-hydrogen) atoms. The summed E-state index contributed by atoms with van der Waals surface area (Å²) in [7, 11) is 0. The minimum Gasteiger partial charge on any atom is -0.458 e. The number of unbranched alkanes of at least 4 members (excludes halogenated alkanes) is 15. The van der Waals surface area contributed by atoms with Crippen LogP contribution in [0.25, 0.3) is 0 Å². The largest absolute Gasteiger partial charge is 0.458 e. The minimum absolute atomic E-state index is 0.00574. The maximum atomic E-state index is 14.4. The van der Waals surface area contributed by atoms with E-state index in [0.29, 0.717) is 23.2 Å². The van der Waals surface area contributed by atoms with Gasteiger partial charge in [0.25, 0.3) is 0 Å². The Kier molecular flexibility index (Phi) is 13.1. The van der Waals surface area contributed by atoms with Crippen LogP contribution in [-0.4, -0.2) is 12.1 Å². The third-order valence-corrected chi connectivity index (χ3v) is 16.8. The summed E-state index contributed by atoms with van der Waals surface area (Å²) in [6, 6.07) is 0. The molecule has 0 aliphatic heterocycles. The van der Waals surface area contributed by atoms with Crippen molar-refractivity contribution in [1.29, 1.82) is 0 Å². The van der Waals surface area contributed by atoms with Crippen molar-refractivity contribution in [2.75, 3.05) is 0 Å². The highest BCUT2D eigenvalue weighted by Gasteiger charge is 2.62. The monoisotopic (exact) mass is 689 g/mol. The second-order valence-corrected chi connectivity index (χ2v) is 20.1. The SMILES string of the molecule is CCCCCCCCCCCCCCCCCCC12CC[C@H]3[C@@H](CC=C4CC(C)CC[C@@]43C)[C@@H]1CC[C@@H]2C(=O)O[C@@H]1C=C(C)[C@H]2C[C@@H]1C2(C)C. The van der Waals surface area contributed by atoms with Crippen LogP contribution in [0.2, 0.25) is 0 Å². The summed E-state index contributed by atoms with van der Waals surface area (Å²) in [6.45, 7) is 14.5. The van der Waals surface area contributed by atoms with Gasteiger partial charge in [-0.25, -0.2) is 0 Å². The zero-order valence-corrected chi connectivity index (χ0v) is 34.0. The van der Waals surface area contributed by atoms with E-state index in [9.17, 15) is 4.79 Å². The summed E-state index contributed by atoms with van der Waals surface area (Å²) in [5, 5.41) is 0. The molecule has 0 aromatic rings.